The summed E-state index contributed by atoms with van der Waals surface area (Å²) in [6.45, 7) is 16.4. The van der Waals surface area contributed by atoms with Gasteiger partial charge in [-0.3, -0.25) is 0 Å². The minimum Gasteiger partial charge on any atom is -0.393 e. The third-order valence-corrected chi connectivity index (χ3v) is 5.85. The molecule has 0 aliphatic carbocycles. The Kier molecular flexibility index (Phi) is 10.1. The highest BCUT2D eigenvalue weighted by Crippen LogP contribution is 2.09. The van der Waals surface area contributed by atoms with Crippen LogP contribution in [0.3, 0.4) is 0 Å². The van der Waals surface area contributed by atoms with Gasteiger partial charge >= 0.3 is 9.28 Å². The molecule has 0 heterocycles. The maximum Gasteiger partial charge on any atom is 0.380 e. The van der Waals surface area contributed by atoms with Crippen molar-refractivity contribution in [3.05, 3.63) is 0 Å². The summed E-state index contributed by atoms with van der Waals surface area (Å²) in [5, 5.41) is 0. The lowest BCUT2D eigenvalue weighted by atomic mass is 10.4. The van der Waals surface area contributed by atoms with Crippen molar-refractivity contribution in [3.63, 3.8) is 0 Å². The molecule has 0 saturated heterocycles. The Labute approximate surface area is 110 Å². The van der Waals surface area contributed by atoms with Gasteiger partial charge in [-0.05, 0) is 33.6 Å². The predicted molar refractivity (Wildman–Crippen MR) is 76.4 cm³/mol. The van der Waals surface area contributed by atoms with Crippen molar-refractivity contribution in [3.8, 4) is 0 Å². The Bertz CT molecular complexity index is 159. The zero-order chi connectivity index (χ0) is 13.1. The molecule has 0 bridgehead atoms. The molecule has 0 N–H and O–H groups in total. The van der Waals surface area contributed by atoms with Gasteiger partial charge in [-0.1, -0.05) is 13.8 Å². The largest absolute Gasteiger partial charge is 0.393 e. The summed E-state index contributed by atoms with van der Waals surface area (Å²) < 4.78 is 13.1. The molecule has 4 heteroatoms. The first-order chi connectivity index (χ1) is 8.17. The fourth-order valence-corrected chi connectivity index (χ4v) is 4.74. The van der Waals surface area contributed by atoms with Gasteiger partial charge in [-0.2, -0.15) is 0 Å². The molecule has 0 aromatic heterocycles. The van der Waals surface area contributed by atoms with Gasteiger partial charge in [0.1, 0.15) is 6.17 Å². The summed E-state index contributed by atoms with van der Waals surface area (Å²) in [7, 11) is -1.47. The van der Waals surface area contributed by atoms with E-state index in [1.165, 1.54) is 19.6 Å². The van der Waals surface area contributed by atoms with Crippen molar-refractivity contribution < 1.29 is 13.3 Å². The molecule has 0 unspecified atom stereocenters. The second-order valence-electron chi connectivity index (χ2n) is 4.64. The minimum atomic E-state index is -1.47. The zero-order valence-corrected chi connectivity index (χ0v) is 13.7. The molecule has 104 valence electrons. The molecular weight excluding hydrogens is 230 g/mol. The quantitative estimate of drug-likeness (QED) is 0.421. The average Bonchev–Trinajstić information content (AvgIpc) is 2.38. The maximum absolute atomic E-state index is 5.96. The highest BCUT2D eigenvalue weighted by Gasteiger charge is 2.29. The molecule has 3 nitrogen and oxygen atoms in total. The smallest absolute Gasteiger partial charge is 0.380 e. The van der Waals surface area contributed by atoms with Gasteiger partial charge in [0.15, 0.2) is 0 Å². The van der Waals surface area contributed by atoms with Crippen LogP contribution in [0.25, 0.3) is 0 Å². The van der Waals surface area contributed by atoms with Gasteiger partial charge in [-0.25, -0.2) is 0 Å². The summed E-state index contributed by atoms with van der Waals surface area (Å²) in [5.41, 5.74) is 0. The van der Waals surface area contributed by atoms with Crippen LogP contribution in [0.15, 0.2) is 0 Å². The lowest BCUT2D eigenvalue weighted by Gasteiger charge is -2.37. The first kappa shape index (κ1) is 17.1. The van der Waals surface area contributed by atoms with E-state index in [1.807, 2.05) is 0 Å². The van der Waals surface area contributed by atoms with Gasteiger partial charge < -0.3 is 13.3 Å². The Morgan fingerprint density at radius 1 is 0.765 bits per heavy atom. The van der Waals surface area contributed by atoms with Crippen LogP contribution in [0.5, 0.6) is 0 Å². The monoisotopic (exact) mass is 262 g/mol. The summed E-state index contributed by atoms with van der Waals surface area (Å²) in [5.74, 6) is 0. The van der Waals surface area contributed by atoms with E-state index in [0.717, 1.165) is 36.7 Å². The number of hydrogen-bond donors (Lipinski definition) is 0. The third-order valence-electron chi connectivity index (χ3n) is 3.56. The highest BCUT2D eigenvalue weighted by molar-refractivity contribution is 6.44. The maximum atomic E-state index is 5.96. The van der Waals surface area contributed by atoms with Crippen molar-refractivity contribution in [2.45, 2.75) is 47.5 Å². The van der Waals surface area contributed by atoms with Crippen molar-refractivity contribution >= 4 is 9.28 Å². The van der Waals surface area contributed by atoms with Gasteiger partial charge in [0.05, 0.1) is 19.6 Å². The van der Waals surface area contributed by atoms with Gasteiger partial charge in [0.2, 0.25) is 0 Å². The minimum absolute atomic E-state index is 0.859. The van der Waals surface area contributed by atoms with Gasteiger partial charge in [0.25, 0.3) is 0 Å². The molecule has 0 amide bonds. The molecule has 0 spiro atoms. The van der Waals surface area contributed by atoms with Gasteiger partial charge in [-0.15, -0.1) is 0 Å². The molecule has 0 rings (SSSR count). The number of hydrogen-bond acceptors (Lipinski definition) is 2. The third kappa shape index (κ3) is 6.55. The van der Waals surface area contributed by atoms with E-state index in [1.54, 1.807) is 0 Å². The Balaban J connectivity index is 4.34. The Hall–Kier alpha value is 0.0969. The van der Waals surface area contributed by atoms with Crippen LogP contribution in [0.2, 0.25) is 0 Å². The normalized spacial score (nSPS) is 12.4. The van der Waals surface area contributed by atoms with Crippen molar-refractivity contribution in [1.29, 1.82) is 0 Å². The molecule has 17 heavy (non-hydrogen) atoms. The van der Waals surface area contributed by atoms with E-state index in [-0.39, 0.29) is 0 Å². The highest BCUT2D eigenvalue weighted by atomic mass is 28.3. The first-order valence-corrected chi connectivity index (χ1v) is 9.02. The summed E-state index contributed by atoms with van der Waals surface area (Å²) in [6.07, 6.45) is 3.29. The number of quaternary nitrogens is 1. The van der Waals surface area contributed by atoms with E-state index >= 15 is 0 Å². The second-order valence-corrected chi connectivity index (χ2v) is 6.53. The van der Waals surface area contributed by atoms with E-state index in [2.05, 4.69) is 34.6 Å². The van der Waals surface area contributed by atoms with Crippen molar-refractivity contribution in [2.24, 2.45) is 0 Å². The Morgan fingerprint density at radius 2 is 1.18 bits per heavy atom. The number of nitrogens with zero attached hydrogens (tertiary/aromatic N) is 1. The standard InChI is InChI=1S/C13H32NO2Si/c1-6-11-15-17(16-12-7-2)13-14(8-3,9-4)10-5/h17H,6-13H2,1-5H3/q+1. The van der Waals surface area contributed by atoms with E-state index in [4.69, 9.17) is 8.85 Å². The topological polar surface area (TPSA) is 18.5 Å². The SMILES string of the molecule is CCCO[SiH](C[N+](CC)(CC)CC)OCCC. The second kappa shape index (κ2) is 10.1. The van der Waals surface area contributed by atoms with E-state index in [0.29, 0.717) is 0 Å². The summed E-state index contributed by atoms with van der Waals surface area (Å²) in [4.78, 5) is 0. The van der Waals surface area contributed by atoms with Crippen molar-refractivity contribution in [2.75, 3.05) is 39.0 Å². The molecule has 0 fully saturated rings. The fraction of sp³-hybridized carbons (Fsp3) is 1.00. The molecule has 0 atom stereocenters. The lowest BCUT2D eigenvalue weighted by molar-refractivity contribution is -0.914. The van der Waals surface area contributed by atoms with Crippen LogP contribution in [0, 0.1) is 0 Å². The van der Waals surface area contributed by atoms with E-state index < -0.39 is 9.28 Å². The molecule has 0 aliphatic heterocycles. The van der Waals surface area contributed by atoms with E-state index in [9.17, 15) is 0 Å². The van der Waals surface area contributed by atoms with Gasteiger partial charge in [0, 0.05) is 13.2 Å². The fourth-order valence-electron chi connectivity index (χ4n) is 2.03. The molecule has 0 saturated carbocycles. The zero-order valence-electron chi connectivity index (χ0n) is 12.5. The summed E-state index contributed by atoms with van der Waals surface area (Å²) >= 11 is 0. The molecule has 0 aromatic rings. The number of rotatable bonds is 11. The predicted octanol–water partition coefficient (Wildman–Crippen LogP) is 2.48. The average molecular weight is 262 g/mol. The molecule has 0 aliphatic rings. The van der Waals surface area contributed by atoms with Crippen LogP contribution in [0.4, 0.5) is 0 Å². The summed E-state index contributed by atoms with van der Waals surface area (Å²) in [6, 6.07) is 0. The molecular formula is C13H32NO2Si+. The van der Waals surface area contributed by atoms with Crippen LogP contribution in [0.1, 0.15) is 47.5 Å². The van der Waals surface area contributed by atoms with Crippen LogP contribution < -0.4 is 0 Å². The van der Waals surface area contributed by atoms with Crippen LogP contribution in [-0.4, -0.2) is 52.8 Å². The molecule has 0 aromatic carbocycles. The van der Waals surface area contributed by atoms with Crippen molar-refractivity contribution in [1.82, 2.24) is 0 Å². The first-order valence-electron chi connectivity index (χ1n) is 7.26. The Morgan fingerprint density at radius 3 is 1.47 bits per heavy atom. The van der Waals surface area contributed by atoms with Crippen LogP contribution in [-0.2, 0) is 8.85 Å². The van der Waals surface area contributed by atoms with Crippen LogP contribution >= 0.6 is 0 Å². The molecule has 0 radical (unpaired) electrons. The lowest BCUT2D eigenvalue weighted by Crippen LogP contribution is -2.54.